The minimum atomic E-state index is -0.0800. The van der Waals surface area contributed by atoms with E-state index >= 15 is 0 Å². The van der Waals surface area contributed by atoms with Gasteiger partial charge in [0.05, 0.1) is 12.9 Å². The van der Waals surface area contributed by atoms with E-state index in [0.717, 1.165) is 17.0 Å². The molecule has 0 atom stereocenters. The summed E-state index contributed by atoms with van der Waals surface area (Å²) in [6, 6.07) is 15.0. The van der Waals surface area contributed by atoms with Gasteiger partial charge in [0.25, 0.3) is 0 Å². The third-order valence-corrected chi connectivity index (χ3v) is 4.84. The molecule has 0 bridgehead atoms. The summed E-state index contributed by atoms with van der Waals surface area (Å²) in [7, 11) is 3.22. The van der Waals surface area contributed by atoms with E-state index < -0.39 is 0 Å². The second-order valence-corrected chi connectivity index (χ2v) is 6.69. The van der Waals surface area contributed by atoms with Crippen molar-refractivity contribution in [3.63, 3.8) is 0 Å². The third-order valence-electron chi connectivity index (χ3n) is 3.66. The molecule has 3 rings (SSSR count). The molecular weight excluding hydrogens is 372 g/mol. The maximum Gasteiger partial charge on any atom is 0.230 e. The Hall–Kier alpha value is -2.51. The first-order valence-corrected chi connectivity index (χ1v) is 9.18. The number of methoxy groups -OCH3 is 1. The highest BCUT2D eigenvalue weighted by Crippen LogP contribution is 2.30. The number of halogens is 1. The molecule has 1 N–H and O–H groups in total. The lowest BCUT2D eigenvalue weighted by atomic mass is 10.2. The van der Waals surface area contributed by atoms with Crippen LogP contribution in [0, 0.1) is 0 Å². The van der Waals surface area contributed by atoms with Crippen molar-refractivity contribution >= 4 is 29.3 Å². The molecule has 2 aromatic carbocycles. The summed E-state index contributed by atoms with van der Waals surface area (Å²) in [5.74, 6) is 1.56. The molecule has 0 aliphatic heterocycles. The average Bonchev–Trinajstić information content (AvgIpc) is 3.10. The molecule has 0 radical (unpaired) electrons. The minimum Gasteiger partial charge on any atom is -0.497 e. The molecule has 1 amide bonds. The first kappa shape index (κ1) is 18.3. The van der Waals surface area contributed by atoms with Crippen molar-refractivity contribution in [2.24, 2.45) is 0 Å². The Bertz CT molecular complexity index is 912. The fraction of sp³-hybridized carbons (Fsp3) is 0.167. The number of thioether (sulfide) groups is 1. The van der Waals surface area contributed by atoms with E-state index in [9.17, 15) is 4.79 Å². The van der Waals surface area contributed by atoms with Gasteiger partial charge >= 0.3 is 0 Å². The molecule has 134 valence electrons. The lowest BCUT2D eigenvalue weighted by Gasteiger charge is -2.11. The number of rotatable bonds is 6. The van der Waals surface area contributed by atoms with Gasteiger partial charge in [-0.2, -0.15) is 0 Å². The maximum absolute atomic E-state index is 11.6. The van der Waals surface area contributed by atoms with E-state index in [2.05, 4.69) is 15.5 Å². The number of benzene rings is 2. The fourth-order valence-corrected chi connectivity index (χ4v) is 3.29. The van der Waals surface area contributed by atoms with E-state index in [1.54, 1.807) is 26.3 Å². The summed E-state index contributed by atoms with van der Waals surface area (Å²) in [5, 5.41) is 12.5. The zero-order valence-electron chi connectivity index (χ0n) is 14.3. The van der Waals surface area contributed by atoms with Crippen molar-refractivity contribution in [3.05, 3.63) is 53.6 Å². The normalized spacial score (nSPS) is 10.6. The van der Waals surface area contributed by atoms with E-state index in [1.165, 1.54) is 11.8 Å². The van der Waals surface area contributed by atoms with Crippen molar-refractivity contribution in [1.82, 2.24) is 20.1 Å². The number of hydrogen-bond donors (Lipinski definition) is 1. The molecule has 0 aliphatic carbocycles. The number of aromatic nitrogens is 3. The van der Waals surface area contributed by atoms with Gasteiger partial charge < -0.3 is 10.1 Å². The smallest absolute Gasteiger partial charge is 0.230 e. The molecule has 0 spiro atoms. The van der Waals surface area contributed by atoms with Gasteiger partial charge in [0.15, 0.2) is 11.0 Å². The van der Waals surface area contributed by atoms with Crippen LogP contribution in [0.5, 0.6) is 5.75 Å². The highest BCUT2D eigenvalue weighted by Gasteiger charge is 2.17. The first-order chi connectivity index (χ1) is 12.6. The molecule has 3 aromatic rings. The van der Waals surface area contributed by atoms with Crippen LogP contribution in [0.1, 0.15) is 0 Å². The number of amides is 1. The van der Waals surface area contributed by atoms with Crippen LogP contribution in [-0.4, -0.2) is 40.6 Å². The number of nitrogens with zero attached hydrogens (tertiary/aromatic N) is 3. The lowest BCUT2D eigenvalue weighted by molar-refractivity contribution is -0.118. The average molecular weight is 389 g/mol. The molecule has 0 fully saturated rings. The molecule has 0 saturated heterocycles. The van der Waals surface area contributed by atoms with Crippen molar-refractivity contribution < 1.29 is 9.53 Å². The number of ether oxygens (including phenoxy) is 1. The van der Waals surface area contributed by atoms with Crippen LogP contribution in [0.15, 0.2) is 53.7 Å². The van der Waals surface area contributed by atoms with Crippen LogP contribution in [0.3, 0.4) is 0 Å². The van der Waals surface area contributed by atoms with Crippen molar-refractivity contribution in [2.75, 3.05) is 19.9 Å². The molecule has 1 heterocycles. The van der Waals surface area contributed by atoms with Crippen LogP contribution in [0.2, 0.25) is 5.02 Å². The number of hydrogen-bond acceptors (Lipinski definition) is 5. The second kappa shape index (κ2) is 8.25. The highest BCUT2D eigenvalue weighted by molar-refractivity contribution is 7.99. The molecule has 0 aliphatic rings. The topological polar surface area (TPSA) is 69.0 Å². The van der Waals surface area contributed by atoms with Gasteiger partial charge in [-0.15, -0.1) is 10.2 Å². The summed E-state index contributed by atoms with van der Waals surface area (Å²) in [5.41, 5.74) is 1.72. The molecule has 6 nitrogen and oxygen atoms in total. The number of nitrogens with one attached hydrogen (secondary N) is 1. The Kier molecular flexibility index (Phi) is 5.80. The minimum absolute atomic E-state index is 0.0800. The summed E-state index contributed by atoms with van der Waals surface area (Å²) >= 11 is 7.33. The quantitative estimate of drug-likeness (QED) is 0.655. The summed E-state index contributed by atoms with van der Waals surface area (Å²) < 4.78 is 7.21. The number of carbonyl (C=O) groups is 1. The summed E-state index contributed by atoms with van der Waals surface area (Å²) in [4.78, 5) is 11.6. The van der Waals surface area contributed by atoms with Crippen LogP contribution in [0.25, 0.3) is 17.1 Å². The molecule has 0 unspecified atom stereocenters. The number of carbonyl (C=O) groups excluding carboxylic acids is 1. The Morgan fingerprint density at radius 1 is 1.23 bits per heavy atom. The molecule has 8 heteroatoms. The van der Waals surface area contributed by atoms with Gasteiger partial charge in [-0.25, -0.2) is 0 Å². The Morgan fingerprint density at radius 2 is 2.00 bits per heavy atom. The fourth-order valence-electron chi connectivity index (χ4n) is 2.34. The molecule has 26 heavy (non-hydrogen) atoms. The largest absolute Gasteiger partial charge is 0.497 e. The van der Waals surface area contributed by atoms with Gasteiger partial charge in [-0.1, -0.05) is 35.5 Å². The Labute approximate surface area is 160 Å². The molecular formula is C18H17ClN4O2S. The van der Waals surface area contributed by atoms with Crippen molar-refractivity contribution in [1.29, 1.82) is 0 Å². The van der Waals surface area contributed by atoms with Crippen LogP contribution in [0.4, 0.5) is 0 Å². The third kappa shape index (κ3) is 4.00. The monoisotopic (exact) mass is 388 g/mol. The van der Waals surface area contributed by atoms with Gasteiger partial charge in [-0.05, 0) is 36.4 Å². The van der Waals surface area contributed by atoms with Crippen molar-refractivity contribution in [2.45, 2.75) is 5.16 Å². The second-order valence-electron chi connectivity index (χ2n) is 5.31. The Balaban J connectivity index is 2.07. The zero-order valence-corrected chi connectivity index (χ0v) is 15.8. The predicted molar refractivity (Wildman–Crippen MR) is 103 cm³/mol. The molecule has 1 aromatic heterocycles. The summed E-state index contributed by atoms with van der Waals surface area (Å²) in [6.07, 6.45) is 0. The predicted octanol–water partition coefficient (Wildman–Crippen LogP) is 3.43. The van der Waals surface area contributed by atoms with Gasteiger partial charge in [0.1, 0.15) is 5.75 Å². The van der Waals surface area contributed by atoms with E-state index in [4.69, 9.17) is 16.3 Å². The van der Waals surface area contributed by atoms with E-state index in [1.807, 2.05) is 41.0 Å². The van der Waals surface area contributed by atoms with Gasteiger partial charge in [0, 0.05) is 23.3 Å². The van der Waals surface area contributed by atoms with E-state index in [-0.39, 0.29) is 11.7 Å². The van der Waals surface area contributed by atoms with E-state index in [0.29, 0.717) is 16.0 Å². The first-order valence-electron chi connectivity index (χ1n) is 7.81. The van der Waals surface area contributed by atoms with Crippen LogP contribution >= 0.6 is 23.4 Å². The highest BCUT2D eigenvalue weighted by atomic mass is 35.5. The van der Waals surface area contributed by atoms with Gasteiger partial charge in [0.2, 0.25) is 5.91 Å². The maximum atomic E-state index is 11.6. The van der Waals surface area contributed by atoms with Crippen LogP contribution < -0.4 is 10.1 Å². The Morgan fingerprint density at radius 3 is 2.69 bits per heavy atom. The lowest BCUT2D eigenvalue weighted by Crippen LogP contribution is -2.20. The van der Waals surface area contributed by atoms with Crippen LogP contribution in [-0.2, 0) is 4.79 Å². The van der Waals surface area contributed by atoms with Crippen molar-refractivity contribution in [3.8, 4) is 22.8 Å². The SMILES string of the molecule is CNC(=O)CSc1nnc(-c2cccc(OC)c2)n1-c1ccc(Cl)cc1. The van der Waals surface area contributed by atoms with Gasteiger partial charge in [-0.3, -0.25) is 9.36 Å². The summed E-state index contributed by atoms with van der Waals surface area (Å²) in [6.45, 7) is 0. The zero-order chi connectivity index (χ0) is 18.5. The standard InChI is InChI=1S/C18H17ClN4O2S/c1-20-16(24)11-26-18-22-21-17(12-4-3-5-15(10-12)25-2)23(18)14-8-6-13(19)7-9-14/h3-10H,11H2,1-2H3,(H,20,24). The molecule has 0 saturated carbocycles.